The molecule has 4 rings (SSSR count). The van der Waals surface area contributed by atoms with Crippen molar-refractivity contribution in [1.29, 1.82) is 0 Å². The Bertz CT molecular complexity index is 1140. The fraction of sp³-hybridized carbons (Fsp3) is 0.360. The largest absolute Gasteiger partial charge is 0.489 e. The van der Waals surface area contributed by atoms with Gasteiger partial charge in [-0.2, -0.15) is 9.97 Å². The molecule has 1 aliphatic rings. The van der Waals surface area contributed by atoms with Crippen LogP contribution in [0.4, 0.5) is 17.2 Å². The molecule has 2 heterocycles. The molecule has 1 N–H and O–H groups in total. The van der Waals surface area contributed by atoms with E-state index in [-0.39, 0.29) is 0 Å². The Hall–Kier alpha value is -3.54. The van der Waals surface area contributed by atoms with E-state index in [9.17, 15) is 0 Å². The van der Waals surface area contributed by atoms with Crippen molar-refractivity contribution in [3.8, 4) is 24.1 Å². The lowest BCUT2D eigenvalue weighted by molar-refractivity contribution is 0.121. The average Bonchev–Trinajstić information content (AvgIpc) is 2.85. The number of methoxy groups -OCH3 is 1. The molecule has 1 aromatic heterocycles. The summed E-state index contributed by atoms with van der Waals surface area (Å²) in [7, 11) is 1.65. The summed E-state index contributed by atoms with van der Waals surface area (Å²) in [5.41, 5.74) is 3.30. The van der Waals surface area contributed by atoms with Crippen LogP contribution in [0, 0.1) is 12.3 Å². The molecule has 1 saturated heterocycles. The van der Waals surface area contributed by atoms with Crippen LogP contribution in [0.3, 0.4) is 0 Å². The molecule has 0 radical (unpaired) electrons. The van der Waals surface area contributed by atoms with E-state index in [4.69, 9.17) is 25.4 Å². The van der Waals surface area contributed by atoms with E-state index in [1.165, 1.54) is 0 Å². The van der Waals surface area contributed by atoms with Gasteiger partial charge in [0.2, 0.25) is 0 Å². The molecular weight excluding hydrogens is 420 g/mol. The second-order valence-electron chi connectivity index (χ2n) is 7.42. The number of morpholine rings is 1. The number of nitrogens with one attached hydrogen (secondary N) is 1. The molecular formula is C25H28N4O4. The van der Waals surface area contributed by atoms with E-state index in [1.807, 2.05) is 37.3 Å². The van der Waals surface area contributed by atoms with Gasteiger partial charge in [0.05, 0.1) is 37.6 Å². The van der Waals surface area contributed by atoms with E-state index in [0.29, 0.717) is 50.4 Å². The number of hydrogen-bond acceptors (Lipinski definition) is 8. The first-order chi connectivity index (χ1) is 16.2. The van der Waals surface area contributed by atoms with Crippen LogP contribution in [0.15, 0.2) is 36.4 Å². The summed E-state index contributed by atoms with van der Waals surface area (Å²) in [5, 5.41) is 4.24. The minimum absolute atomic E-state index is 0.294. The number of terminal acetylenes is 1. The minimum atomic E-state index is 0.294. The third-order valence-electron chi connectivity index (χ3n) is 5.22. The fourth-order valence-electron chi connectivity index (χ4n) is 3.64. The second-order valence-corrected chi connectivity index (χ2v) is 7.42. The van der Waals surface area contributed by atoms with Gasteiger partial charge in [0.15, 0.2) is 0 Å². The van der Waals surface area contributed by atoms with Crippen LogP contribution >= 0.6 is 0 Å². The van der Waals surface area contributed by atoms with Crippen molar-refractivity contribution in [2.75, 3.05) is 63.5 Å². The quantitative estimate of drug-likeness (QED) is 0.393. The lowest BCUT2D eigenvalue weighted by Crippen LogP contribution is -2.36. The SMILES string of the molecule is C#Cc1cccc(Nc2nc(OCC)nc3cc(OCCOC)c(N4CCOCC4)cc23)c1. The van der Waals surface area contributed by atoms with Crippen LogP contribution in [0.25, 0.3) is 10.9 Å². The van der Waals surface area contributed by atoms with Crippen molar-refractivity contribution in [2.45, 2.75) is 6.92 Å². The smallest absolute Gasteiger partial charge is 0.318 e. The Balaban J connectivity index is 1.81. The van der Waals surface area contributed by atoms with Crippen molar-refractivity contribution in [1.82, 2.24) is 9.97 Å². The van der Waals surface area contributed by atoms with Gasteiger partial charge in [-0.05, 0) is 31.2 Å². The zero-order valence-electron chi connectivity index (χ0n) is 19.0. The molecule has 0 unspecified atom stereocenters. The van der Waals surface area contributed by atoms with E-state index < -0.39 is 0 Å². The fourth-order valence-corrected chi connectivity index (χ4v) is 3.64. The topological polar surface area (TPSA) is 78.0 Å². The minimum Gasteiger partial charge on any atom is -0.489 e. The molecule has 172 valence electrons. The van der Waals surface area contributed by atoms with Gasteiger partial charge in [-0.25, -0.2) is 0 Å². The number of aromatic nitrogens is 2. The van der Waals surface area contributed by atoms with Crippen molar-refractivity contribution < 1.29 is 18.9 Å². The van der Waals surface area contributed by atoms with E-state index in [0.717, 1.165) is 41.2 Å². The second kappa shape index (κ2) is 10.9. The van der Waals surface area contributed by atoms with Crippen molar-refractivity contribution in [3.63, 3.8) is 0 Å². The van der Waals surface area contributed by atoms with Gasteiger partial charge < -0.3 is 29.2 Å². The monoisotopic (exact) mass is 448 g/mol. The normalized spacial score (nSPS) is 13.5. The third-order valence-corrected chi connectivity index (χ3v) is 5.22. The van der Waals surface area contributed by atoms with Crippen molar-refractivity contribution in [2.24, 2.45) is 0 Å². The highest BCUT2D eigenvalue weighted by molar-refractivity contribution is 5.95. The zero-order chi connectivity index (χ0) is 23.0. The van der Waals surface area contributed by atoms with Crippen LogP contribution < -0.4 is 19.7 Å². The number of hydrogen-bond donors (Lipinski definition) is 1. The first kappa shape index (κ1) is 22.6. The zero-order valence-corrected chi connectivity index (χ0v) is 19.0. The molecule has 0 aliphatic carbocycles. The maximum Gasteiger partial charge on any atom is 0.318 e. The van der Waals surface area contributed by atoms with Crippen molar-refractivity contribution in [3.05, 3.63) is 42.0 Å². The van der Waals surface area contributed by atoms with Gasteiger partial charge in [-0.3, -0.25) is 0 Å². The van der Waals surface area contributed by atoms with Gasteiger partial charge >= 0.3 is 6.01 Å². The van der Waals surface area contributed by atoms with Gasteiger partial charge in [-0.15, -0.1) is 6.42 Å². The van der Waals surface area contributed by atoms with Crippen LogP contribution in [0.5, 0.6) is 11.8 Å². The first-order valence-corrected chi connectivity index (χ1v) is 11.0. The molecule has 2 aromatic carbocycles. The van der Waals surface area contributed by atoms with E-state index >= 15 is 0 Å². The van der Waals surface area contributed by atoms with Gasteiger partial charge in [0.1, 0.15) is 18.2 Å². The number of rotatable bonds is 9. The van der Waals surface area contributed by atoms with Crippen LogP contribution in [0.1, 0.15) is 12.5 Å². The molecule has 0 atom stereocenters. The van der Waals surface area contributed by atoms with E-state index in [2.05, 4.69) is 32.2 Å². The summed E-state index contributed by atoms with van der Waals surface area (Å²) in [5.74, 6) is 4.04. The number of ether oxygens (including phenoxy) is 4. The highest BCUT2D eigenvalue weighted by Crippen LogP contribution is 2.37. The summed E-state index contributed by atoms with van der Waals surface area (Å²) in [6.07, 6.45) is 5.57. The molecule has 0 amide bonds. The van der Waals surface area contributed by atoms with Crippen molar-refractivity contribution >= 4 is 28.1 Å². The highest BCUT2D eigenvalue weighted by Gasteiger charge is 2.20. The summed E-state index contributed by atoms with van der Waals surface area (Å²) < 4.78 is 22.4. The molecule has 0 bridgehead atoms. The maximum absolute atomic E-state index is 6.08. The van der Waals surface area contributed by atoms with Gasteiger partial charge in [0.25, 0.3) is 0 Å². The number of fused-ring (bicyclic) bond motifs is 1. The molecule has 33 heavy (non-hydrogen) atoms. The molecule has 1 fully saturated rings. The Morgan fingerprint density at radius 1 is 1.12 bits per heavy atom. The Labute approximate surface area is 193 Å². The highest BCUT2D eigenvalue weighted by atomic mass is 16.5. The Morgan fingerprint density at radius 3 is 2.73 bits per heavy atom. The first-order valence-electron chi connectivity index (χ1n) is 11.0. The van der Waals surface area contributed by atoms with Crippen LogP contribution in [0.2, 0.25) is 0 Å². The predicted octanol–water partition coefficient (Wildman–Crippen LogP) is 3.62. The number of anilines is 3. The van der Waals surface area contributed by atoms with Crippen LogP contribution in [-0.4, -0.2) is 63.2 Å². The van der Waals surface area contributed by atoms with E-state index in [1.54, 1.807) is 7.11 Å². The molecule has 8 nitrogen and oxygen atoms in total. The predicted molar refractivity (Wildman–Crippen MR) is 129 cm³/mol. The number of nitrogens with zero attached hydrogens (tertiary/aromatic N) is 3. The lowest BCUT2D eigenvalue weighted by Gasteiger charge is -2.30. The Morgan fingerprint density at radius 2 is 1.97 bits per heavy atom. The molecule has 8 heteroatoms. The molecule has 3 aromatic rings. The lowest BCUT2D eigenvalue weighted by atomic mass is 10.1. The molecule has 1 aliphatic heterocycles. The maximum atomic E-state index is 6.08. The standard InChI is InChI=1S/C25H28N4O4/c1-4-18-7-6-8-19(15-18)26-24-20-16-22(29-9-11-31-12-10-29)23(33-14-13-30-3)17-21(20)27-25(28-24)32-5-2/h1,6-8,15-17H,5,9-14H2,2-3H3,(H,26,27,28). The summed E-state index contributed by atoms with van der Waals surface area (Å²) in [4.78, 5) is 11.5. The summed E-state index contributed by atoms with van der Waals surface area (Å²) in [6, 6.07) is 11.9. The summed E-state index contributed by atoms with van der Waals surface area (Å²) in [6.45, 7) is 6.17. The average molecular weight is 449 g/mol. The van der Waals surface area contributed by atoms with Gasteiger partial charge in [-0.1, -0.05) is 12.0 Å². The molecule has 0 saturated carbocycles. The van der Waals surface area contributed by atoms with Crippen LogP contribution in [-0.2, 0) is 9.47 Å². The van der Waals surface area contributed by atoms with Gasteiger partial charge in [0, 0.05) is 42.9 Å². The summed E-state index contributed by atoms with van der Waals surface area (Å²) >= 11 is 0. The Kier molecular flexibility index (Phi) is 7.45. The number of benzene rings is 2. The molecule has 0 spiro atoms. The third kappa shape index (κ3) is 5.45.